The van der Waals surface area contributed by atoms with Crippen LogP contribution in [0.25, 0.3) is 0 Å². The second kappa shape index (κ2) is 5.53. The van der Waals surface area contributed by atoms with Crippen molar-refractivity contribution in [3.8, 4) is 0 Å². The zero-order valence-electron chi connectivity index (χ0n) is 8.87. The van der Waals surface area contributed by atoms with Crippen LogP contribution >= 0.6 is 0 Å². The molecule has 0 atom stereocenters. The normalized spacial score (nSPS) is 10.9. The molecule has 82 valence electrons. The standard InChI is InChI=1S/C7H17N5O2/c1-11(2)9-6(13)5(8)7(14)10-12(3)4/h5H,8H2,1-4H3,(H,9,13)(H,10,14). The largest absolute Gasteiger partial charge is 0.312 e. The highest BCUT2D eigenvalue weighted by Gasteiger charge is 2.22. The molecular formula is C7H17N5O2. The molecule has 0 saturated heterocycles. The summed E-state index contributed by atoms with van der Waals surface area (Å²) in [5, 5.41) is 2.84. The monoisotopic (exact) mass is 203 g/mol. The van der Waals surface area contributed by atoms with Crippen molar-refractivity contribution < 1.29 is 9.59 Å². The van der Waals surface area contributed by atoms with Gasteiger partial charge in [0.15, 0.2) is 6.04 Å². The van der Waals surface area contributed by atoms with E-state index in [1.165, 1.54) is 10.0 Å². The van der Waals surface area contributed by atoms with Crippen molar-refractivity contribution in [3.05, 3.63) is 0 Å². The summed E-state index contributed by atoms with van der Waals surface area (Å²) in [5.41, 5.74) is 10.2. The number of carbonyl (C=O) groups is 2. The summed E-state index contributed by atoms with van der Waals surface area (Å²) in [6, 6.07) is -1.21. The molecule has 2 amide bonds. The van der Waals surface area contributed by atoms with Crippen LogP contribution in [0.3, 0.4) is 0 Å². The van der Waals surface area contributed by atoms with E-state index in [9.17, 15) is 9.59 Å². The van der Waals surface area contributed by atoms with Gasteiger partial charge in [0.05, 0.1) is 0 Å². The lowest BCUT2D eigenvalue weighted by Gasteiger charge is -2.18. The average molecular weight is 203 g/mol. The van der Waals surface area contributed by atoms with E-state index in [1.807, 2.05) is 0 Å². The van der Waals surface area contributed by atoms with Crippen molar-refractivity contribution in [2.75, 3.05) is 28.2 Å². The fourth-order valence-electron chi connectivity index (χ4n) is 0.699. The lowest BCUT2D eigenvalue weighted by Crippen LogP contribution is -2.55. The van der Waals surface area contributed by atoms with Crippen LogP contribution in [-0.4, -0.2) is 56.1 Å². The second-order valence-electron chi connectivity index (χ2n) is 3.22. The molecule has 0 fully saturated rings. The van der Waals surface area contributed by atoms with E-state index < -0.39 is 17.9 Å². The minimum Gasteiger partial charge on any atom is -0.312 e. The van der Waals surface area contributed by atoms with Gasteiger partial charge in [-0.1, -0.05) is 0 Å². The molecule has 7 nitrogen and oxygen atoms in total. The average Bonchev–Trinajstić information content (AvgIpc) is 2.00. The number of nitrogens with one attached hydrogen (secondary N) is 2. The van der Waals surface area contributed by atoms with Crippen molar-refractivity contribution in [3.63, 3.8) is 0 Å². The summed E-state index contributed by atoms with van der Waals surface area (Å²) >= 11 is 0. The number of carbonyl (C=O) groups excluding carboxylic acids is 2. The van der Waals surface area contributed by atoms with Crippen molar-refractivity contribution in [2.24, 2.45) is 5.73 Å². The van der Waals surface area contributed by atoms with Crippen LogP contribution < -0.4 is 16.6 Å². The Balaban J connectivity index is 4.11. The van der Waals surface area contributed by atoms with E-state index in [0.29, 0.717) is 0 Å². The smallest absolute Gasteiger partial charge is 0.260 e. The Labute approximate surface area is 83.2 Å². The summed E-state index contributed by atoms with van der Waals surface area (Å²) in [7, 11) is 6.53. The zero-order chi connectivity index (χ0) is 11.3. The number of hydrogen-bond acceptors (Lipinski definition) is 5. The number of hydrazine groups is 2. The van der Waals surface area contributed by atoms with Crippen LogP contribution in [0.5, 0.6) is 0 Å². The molecule has 14 heavy (non-hydrogen) atoms. The first-order chi connectivity index (χ1) is 6.34. The second-order valence-corrected chi connectivity index (χ2v) is 3.22. The third-order valence-electron chi connectivity index (χ3n) is 1.23. The molecule has 7 heteroatoms. The Morgan fingerprint density at radius 2 is 1.29 bits per heavy atom. The number of hydrogen-bond donors (Lipinski definition) is 3. The topological polar surface area (TPSA) is 90.7 Å². The SMILES string of the molecule is CN(C)NC(=O)C(N)C(=O)NN(C)C. The van der Waals surface area contributed by atoms with Crippen LogP contribution in [0.4, 0.5) is 0 Å². The Morgan fingerprint density at radius 1 is 1.00 bits per heavy atom. The fraction of sp³-hybridized carbons (Fsp3) is 0.714. The highest BCUT2D eigenvalue weighted by molar-refractivity contribution is 6.03. The van der Waals surface area contributed by atoms with E-state index in [0.717, 1.165) is 0 Å². The first-order valence-electron chi connectivity index (χ1n) is 4.05. The van der Waals surface area contributed by atoms with E-state index in [4.69, 9.17) is 5.73 Å². The predicted octanol–water partition coefficient (Wildman–Crippen LogP) is -2.50. The van der Waals surface area contributed by atoms with E-state index in [1.54, 1.807) is 28.2 Å². The number of nitrogens with two attached hydrogens (primary N) is 1. The van der Waals surface area contributed by atoms with Gasteiger partial charge in [0, 0.05) is 28.2 Å². The van der Waals surface area contributed by atoms with Gasteiger partial charge in [0.1, 0.15) is 0 Å². The first kappa shape index (κ1) is 12.8. The van der Waals surface area contributed by atoms with Gasteiger partial charge in [-0.15, -0.1) is 0 Å². The zero-order valence-corrected chi connectivity index (χ0v) is 8.87. The maximum absolute atomic E-state index is 11.2. The van der Waals surface area contributed by atoms with Crippen LogP contribution in [0, 0.1) is 0 Å². The van der Waals surface area contributed by atoms with Crippen molar-refractivity contribution in [1.29, 1.82) is 0 Å². The first-order valence-corrected chi connectivity index (χ1v) is 4.05. The summed E-state index contributed by atoms with van der Waals surface area (Å²) in [6.07, 6.45) is 0. The van der Waals surface area contributed by atoms with Crippen molar-refractivity contribution in [2.45, 2.75) is 6.04 Å². The molecule has 0 rings (SSSR count). The minimum atomic E-state index is -1.21. The number of amides is 2. The van der Waals surface area contributed by atoms with Gasteiger partial charge < -0.3 is 5.73 Å². The molecule has 0 saturated carbocycles. The Bertz CT molecular complexity index is 194. The van der Waals surface area contributed by atoms with Gasteiger partial charge in [-0.2, -0.15) is 0 Å². The number of nitrogens with zero attached hydrogens (tertiary/aromatic N) is 2. The summed E-state index contributed by atoms with van der Waals surface area (Å²) in [6.45, 7) is 0. The summed E-state index contributed by atoms with van der Waals surface area (Å²) < 4.78 is 0. The maximum atomic E-state index is 11.2. The molecule has 0 heterocycles. The predicted molar refractivity (Wildman–Crippen MR) is 51.6 cm³/mol. The number of rotatable bonds is 4. The summed E-state index contributed by atoms with van der Waals surface area (Å²) in [5.74, 6) is -1.09. The molecule has 0 aromatic rings. The van der Waals surface area contributed by atoms with Gasteiger partial charge in [-0.25, -0.2) is 10.0 Å². The third-order valence-corrected chi connectivity index (χ3v) is 1.23. The molecule has 0 aromatic carbocycles. The van der Waals surface area contributed by atoms with Gasteiger partial charge in [0.2, 0.25) is 0 Å². The van der Waals surface area contributed by atoms with Gasteiger partial charge in [-0.05, 0) is 0 Å². The third kappa shape index (κ3) is 4.75. The molecule has 0 aliphatic heterocycles. The van der Waals surface area contributed by atoms with E-state index >= 15 is 0 Å². The van der Waals surface area contributed by atoms with Crippen molar-refractivity contribution in [1.82, 2.24) is 20.9 Å². The highest BCUT2D eigenvalue weighted by atomic mass is 16.2. The molecule has 0 aromatic heterocycles. The molecule has 4 N–H and O–H groups in total. The summed E-state index contributed by atoms with van der Waals surface area (Å²) in [4.78, 5) is 22.4. The van der Waals surface area contributed by atoms with E-state index in [2.05, 4.69) is 10.9 Å². The lowest BCUT2D eigenvalue weighted by atomic mass is 10.3. The molecule has 0 unspecified atom stereocenters. The van der Waals surface area contributed by atoms with Crippen LogP contribution in [0.1, 0.15) is 0 Å². The maximum Gasteiger partial charge on any atom is 0.260 e. The van der Waals surface area contributed by atoms with Crippen LogP contribution in [0.2, 0.25) is 0 Å². The lowest BCUT2D eigenvalue weighted by molar-refractivity contribution is -0.135. The van der Waals surface area contributed by atoms with Gasteiger partial charge in [0.25, 0.3) is 11.8 Å². The van der Waals surface area contributed by atoms with Gasteiger partial charge in [-0.3, -0.25) is 20.4 Å². The highest BCUT2D eigenvalue weighted by Crippen LogP contribution is 1.81. The van der Waals surface area contributed by atoms with Crippen molar-refractivity contribution >= 4 is 11.8 Å². The minimum absolute atomic E-state index is 0.547. The molecule has 0 aliphatic rings. The molecule has 0 bridgehead atoms. The Hall–Kier alpha value is -1.18. The fourth-order valence-corrected chi connectivity index (χ4v) is 0.699. The Kier molecular flexibility index (Phi) is 5.06. The van der Waals surface area contributed by atoms with Crippen LogP contribution in [0.15, 0.2) is 0 Å². The quantitative estimate of drug-likeness (QED) is 0.347. The van der Waals surface area contributed by atoms with Gasteiger partial charge >= 0.3 is 0 Å². The van der Waals surface area contributed by atoms with Crippen LogP contribution in [-0.2, 0) is 9.59 Å². The molecule has 0 spiro atoms. The van der Waals surface area contributed by atoms with E-state index in [-0.39, 0.29) is 0 Å². The Morgan fingerprint density at radius 3 is 1.50 bits per heavy atom. The molecule has 0 radical (unpaired) electrons. The molecule has 0 aliphatic carbocycles. The molecular weight excluding hydrogens is 186 g/mol.